The number of allylic oxidation sites excluding steroid dienone is 1. The average molecular weight is 158 g/mol. The largest absolute Gasteiger partial charge is 0.132 e. The summed E-state index contributed by atoms with van der Waals surface area (Å²) in [7, 11) is 0. The zero-order valence-electron chi connectivity index (χ0n) is 7.64. The third-order valence-corrected chi connectivity index (χ3v) is 1.76. The maximum Gasteiger partial charge on any atom is 0.00316 e. The second-order valence-corrected chi connectivity index (χ2v) is 5.34. The van der Waals surface area contributed by atoms with Crippen LogP contribution in [-0.2, 0) is 0 Å². The van der Waals surface area contributed by atoms with Gasteiger partial charge < -0.3 is 0 Å². The molecular formula is C9H18S. The average Bonchev–Trinajstić information content (AvgIpc) is 1.59. The smallest absolute Gasteiger partial charge is 0.00316 e. The van der Waals surface area contributed by atoms with Crippen molar-refractivity contribution in [2.24, 2.45) is 5.41 Å². The number of hydrogen-bond donors (Lipinski definition) is 0. The Hall–Kier alpha value is 0.0900. The van der Waals surface area contributed by atoms with Gasteiger partial charge in [-0.25, -0.2) is 0 Å². The molecule has 0 saturated carbocycles. The molecule has 0 aliphatic heterocycles. The summed E-state index contributed by atoms with van der Waals surface area (Å²) < 4.78 is 0. The van der Waals surface area contributed by atoms with Crippen LogP contribution < -0.4 is 0 Å². The van der Waals surface area contributed by atoms with E-state index in [0.29, 0.717) is 10.7 Å². The Balaban J connectivity index is 3.57. The van der Waals surface area contributed by atoms with Gasteiger partial charge in [0.25, 0.3) is 0 Å². The molecular weight excluding hydrogens is 140 g/mol. The Labute approximate surface area is 69.1 Å². The van der Waals surface area contributed by atoms with Crippen LogP contribution in [0.25, 0.3) is 0 Å². The van der Waals surface area contributed by atoms with E-state index < -0.39 is 0 Å². The summed E-state index contributed by atoms with van der Waals surface area (Å²) in [6, 6.07) is 0. The third kappa shape index (κ3) is 8.09. The quantitative estimate of drug-likeness (QED) is 0.590. The maximum atomic E-state index is 2.25. The van der Waals surface area contributed by atoms with Crippen LogP contribution in [0.15, 0.2) is 11.5 Å². The van der Waals surface area contributed by atoms with E-state index in [0.717, 1.165) is 0 Å². The van der Waals surface area contributed by atoms with Gasteiger partial charge in [-0.2, -0.15) is 0 Å². The molecule has 0 aromatic rings. The topological polar surface area (TPSA) is 0 Å². The highest BCUT2D eigenvalue weighted by atomic mass is 32.2. The Morgan fingerprint density at radius 2 is 1.70 bits per heavy atom. The molecule has 10 heavy (non-hydrogen) atoms. The van der Waals surface area contributed by atoms with Crippen molar-refractivity contribution in [3.63, 3.8) is 0 Å². The van der Waals surface area contributed by atoms with Gasteiger partial charge >= 0.3 is 0 Å². The fourth-order valence-corrected chi connectivity index (χ4v) is 1.20. The van der Waals surface area contributed by atoms with Crippen molar-refractivity contribution in [3.8, 4) is 0 Å². The van der Waals surface area contributed by atoms with E-state index in [1.807, 2.05) is 11.8 Å². The summed E-state index contributed by atoms with van der Waals surface area (Å²) in [4.78, 5) is 0. The summed E-state index contributed by atoms with van der Waals surface area (Å²) in [5.41, 5.74) is 0.335. The first kappa shape index (κ1) is 10.1. The van der Waals surface area contributed by atoms with Crippen molar-refractivity contribution < 1.29 is 0 Å². The molecule has 0 saturated heterocycles. The minimum absolute atomic E-state index is 0.335. The molecule has 0 aromatic heterocycles. The van der Waals surface area contributed by atoms with Crippen molar-refractivity contribution in [2.75, 3.05) is 0 Å². The highest BCUT2D eigenvalue weighted by molar-refractivity contribution is 8.02. The molecule has 0 aliphatic carbocycles. The molecule has 60 valence electrons. The second kappa shape index (κ2) is 4.07. The van der Waals surface area contributed by atoms with Crippen LogP contribution in [0.5, 0.6) is 0 Å². The highest BCUT2D eigenvalue weighted by Gasteiger charge is 2.02. The van der Waals surface area contributed by atoms with Gasteiger partial charge in [0.05, 0.1) is 0 Å². The zero-order chi connectivity index (χ0) is 8.20. The lowest BCUT2D eigenvalue weighted by Gasteiger charge is -2.11. The van der Waals surface area contributed by atoms with E-state index in [2.05, 4.69) is 46.1 Å². The first-order chi connectivity index (χ1) is 4.42. The monoisotopic (exact) mass is 158 g/mol. The highest BCUT2D eigenvalue weighted by Crippen LogP contribution is 2.19. The SMILES string of the molecule is CC(C)S/C=C\C(C)(C)C. The van der Waals surface area contributed by atoms with Gasteiger partial charge in [0.15, 0.2) is 0 Å². The molecule has 0 heterocycles. The summed E-state index contributed by atoms with van der Waals surface area (Å²) in [6.07, 6.45) is 2.25. The van der Waals surface area contributed by atoms with Crippen LogP contribution in [0.1, 0.15) is 34.6 Å². The minimum atomic E-state index is 0.335. The van der Waals surface area contributed by atoms with E-state index in [1.165, 1.54) is 0 Å². The van der Waals surface area contributed by atoms with Crippen LogP contribution in [0, 0.1) is 5.41 Å². The minimum Gasteiger partial charge on any atom is -0.132 e. The Morgan fingerprint density at radius 3 is 2.00 bits per heavy atom. The van der Waals surface area contributed by atoms with Gasteiger partial charge in [-0.1, -0.05) is 40.7 Å². The summed E-state index contributed by atoms with van der Waals surface area (Å²) in [5.74, 6) is 0. The van der Waals surface area contributed by atoms with Crippen LogP contribution in [0.4, 0.5) is 0 Å². The van der Waals surface area contributed by atoms with Crippen LogP contribution >= 0.6 is 11.8 Å². The third-order valence-electron chi connectivity index (χ3n) is 0.919. The number of thioether (sulfide) groups is 1. The van der Waals surface area contributed by atoms with Gasteiger partial charge in [0.1, 0.15) is 0 Å². The fraction of sp³-hybridized carbons (Fsp3) is 0.778. The first-order valence-corrected chi connectivity index (χ1v) is 4.69. The van der Waals surface area contributed by atoms with E-state index in [9.17, 15) is 0 Å². The maximum absolute atomic E-state index is 2.25. The Bertz CT molecular complexity index is 106. The van der Waals surface area contributed by atoms with Gasteiger partial charge in [-0.3, -0.25) is 0 Å². The lowest BCUT2D eigenvalue weighted by molar-refractivity contribution is 0.545. The van der Waals surface area contributed by atoms with Gasteiger partial charge in [-0.05, 0) is 10.8 Å². The number of rotatable bonds is 2. The van der Waals surface area contributed by atoms with Gasteiger partial charge in [-0.15, -0.1) is 11.8 Å². The Kier molecular flexibility index (Phi) is 4.11. The predicted octanol–water partition coefficient (Wildman–Crippen LogP) is 3.69. The van der Waals surface area contributed by atoms with E-state index in [4.69, 9.17) is 0 Å². The van der Waals surface area contributed by atoms with E-state index in [-0.39, 0.29) is 0 Å². The van der Waals surface area contributed by atoms with Crippen molar-refractivity contribution in [1.29, 1.82) is 0 Å². The van der Waals surface area contributed by atoms with E-state index in [1.54, 1.807) is 0 Å². The fourth-order valence-electron chi connectivity index (χ4n) is 0.401. The first-order valence-electron chi connectivity index (χ1n) is 3.75. The van der Waals surface area contributed by atoms with Crippen LogP contribution in [-0.4, -0.2) is 5.25 Å². The molecule has 0 spiro atoms. The standard InChI is InChI=1S/C9H18S/c1-8(2)10-7-6-9(3,4)5/h6-8H,1-5H3/b7-6-. The van der Waals surface area contributed by atoms with Crippen LogP contribution in [0.3, 0.4) is 0 Å². The van der Waals surface area contributed by atoms with Crippen LogP contribution in [0.2, 0.25) is 0 Å². The Morgan fingerprint density at radius 1 is 1.20 bits per heavy atom. The molecule has 0 bridgehead atoms. The normalized spacial score (nSPS) is 13.4. The summed E-state index contributed by atoms with van der Waals surface area (Å²) in [6.45, 7) is 11.1. The lowest BCUT2D eigenvalue weighted by atomic mass is 9.98. The van der Waals surface area contributed by atoms with Crippen molar-refractivity contribution in [1.82, 2.24) is 0 Å². The zero-order valence-corrected chi connectivity index (χ0v) is 8.46. The van der Waals surface area contributed by atoms with Crippen molar-refractivity contribution in [2.45, 2.75) is 39.9 Å². The van der Waals surface area contributed by atoms with Gasteiger partial charge in [0, 0.05) is 5.25 Å². The molecule has 0 aromatic carbocycles. The molecule has 0 aliphatic rings. The molecule has 0 radical (unpaired) electrons. The summed E-state index contributed by atoms with van der Waals surface area (Å²) in [5, 5.41) is 2.91. The molecule has 0 rings (SSSR count). The second-order valence-electron chi connectivity index (χ2n) is 3.85. The predicted molar refractivity (Wildman–Crippen MR) is 51.3 cm³/mol. The molecule has 1 heteroatoms. The molecule has 0 fully saturated rings. The molecule has 0 amide bonds. The molecule has 0 N–H and O–H groups in total. The lowest BCUT2D eigenvalue weighted by Crippen LogP contribution is -1.97. The molecule has 0 unspecified atom stereocenters. The molecule has 0 atom stereocenters. The van der Waals surface area contributed by atoms with Gasteiger partial charge in [0.2, 0.25) is 0 Å². The van der Waals surface area contributed by atoms with E-state index >= 15 is 0 Å². The number of hydrogen-bond acceptors (Lipinski definition) is 1. The molecule has 0 nitrogen and oxygen atoms in total. The van der Waals surface area contributed by atoms with Crippen molar-refractivity contribution >= 4 is 11.8 Å². The van der Waals surface area contributed by atoms with Crippen molar-refractivity contribution in [3.05, 3.63) is 11.5 Å². The summed E-state index contributed by atoms with van der Waals surface area (Å²) >= 11 is 1.88.